The van der Waals surface area contributed by atoms with Crippen LogP contribution in [0.3, 0.4) is 0 Å². The summed E-state index contributed by atoms with van der Waals surface area (Å²) in [5.74, 6) is 0. The summed E-state index contributed by atoms with van der Waals surface area (Å²) in [5, 5.41) is 0.726. The molecule has 1 aliphatic rings. The van der Waals surface area contributed by atoms with Crippen LogP contribution < -0.4 is 10.6 Å². The lowest BCUT2D eigenvalue weighted by Crippen LogP contribution is -2.27. The zero-order chi connectivity index (χ0) is 13.1. The molecule has 0 bridgehead atoms. The molecular weight excluding hydrogens is 252 g/mol. The Kier molecular flexibility index (Phi) is 4.45. The molecule has 2 rings (SSSR count). The number of halogens is 1. The molecular formula is C13H19ClN2O2. The summed E-state index contributed by atoms with van der Waals surface area (Å²) in [5.41, 5.74) is 7.83. The molecule has 0 aliphatic carbocycles. The summed E-state index contributed by atoms with van der Waals surface area (Å²) in [7, 11) is 3.41. The van der Waals surface area contributed by atoms with Gasteiger partial charge in [-0.1, -0.05) is 23.7 Å². The number of hydrogen-bond acceptors (Lipinski definition) is 4. The maximum absolute atomic E-state index is 6.29. The van der Waals surface area contributed by atoms with Gasteiger partial charge in [0.05, 0.1) is 10.7 Å². The lowest BCUT2D eigenvalue weighted by Gasteiger charge is -2.22. The number of benzene rings is 1. The number of nitrogens with zero attached hydrogens (tertiary/aromatic N) is 1. The molecule has 0 aromatic heterocycles. The van der Waals surface area contributed by atoms with E-state index in [1.165, 1.54) is 0 Å². The normalized spacial score (nSPS) is 23.7. The first-order valence-corrected chi connectivity index (χ1v) is 6.37. The van der Waals surface area contributed by atoms with Gasteiger partial charge in [-0.3, -0.25) is 0 Å². The van der Waals surface area contributed by atoms with E-state index in [4.69, 9.17) is 26.8 Å². The van der Waals surface area contributed by atoms with Crippen LogP contribution >= 0.6 is 11.6 Å². The Hall–Kier alpha value is -0.810. The van der Waals surface area contributed by atoms with Crippen molar-refractivity contribution in [3.63, 3.8) is 0 Å². The highest BCUT2D eigenvalue weighted by atomic mass is 35.5. The predicted molar refractivity (Wildman–Crippen MR) is 73.2 cm³/mol. The second-order valence-electron chi connectivity index (χ2n) is 4.40. The van der Waals surface area contributed by atoms with E-state index in [-0.39, 0.29) is 12.2 Å². The van der Waals surface area contributed by atoms with Gasteiger partial charge in [-0.25, -0.2) is 0 Å². The number of ether oxygens (including phenoxy) is 2. The largest absolute Gasteiger partial charge is 0.377 e. The van der Waals surface area contributed by atoms with Crippen LogP contribution in [-0.2, 0) is 16.0 Å². The van der Waals surface area contributed by atoms with E-state index in [1.807, 2.05) is 18.2 Å². The minimum atomic E-state index is 0.0666. The van der Waals surface area contributed by atoms with Crippen molar-refractivity contribution >= 4 is 17.3 Å². The lowest BCUT2D eigenvalue weighted by molar-refractivity contribution is -0.00461. The zero-order valence-corrected chi connectivity index (χ0v) is 11.5. The molecule has 2 N–H and O–H groups in total. The van der Waals surface area contributed by atoms with E-state index in [0.717, 1.165) is 29.4 Å². The molecule has 4 nitrogen and oxygen atoms in total. The highest BCUT2D eigenvalue weighted by Gasteiger charge is 2.34. The minimum absolute atomic E-state index is 0.0666. The van der Waals surface area contributed by atoms with Crippen molar-refractivity contribution in [2.75, 3.05) is 32.2 Å². The van der Waals surface area contributed by atoms with Crippen LogP contribution in [0.1, 0.15) is 5.56 Å². The van der Waals surface area contributed by atoms with E-state index in [1.54, 1.807) is 14.2 Å². The fourth-order valence-electron chi connectivity index (χ4n) is 2.46. The van der Waals surface area contributed by atoms with Crippen LogP contribution in [0.5, 0.6) is 0 Å². The maximum Gasteiger partial charge on any atom is 0.102 e. The van der Waals surface area contributed by atoms with Crippen LogP contribution in [-0.4, -0.2) is 39.5 Å². The SMILES string of the molecule is COC1CN(c2c(Cl)cccc2CN)CC1OC. The van der Waals surface area contributed by atoms with Crippen LogP contribution in [0.4, 0.5) is 5.69 Å². The van der Waals surface area contributed by atoms with E-state index in [0.29, 0.717) is 6.54 Å². The topological polar surface area (TPSA) is 47.7 Å². The average molecular weight is 271 g/mol. The minimum Gasteiger partial charge on any atom is -0.377 e. The fraction of sp³-hybridized carbons (Fsp3) is 0.538. The second-order valence-corrected chi connectivity index (χ2v) is 4.81. The first kappa shape index (κ1) is 13.6. The number of anilines is 1. The predicted octanol–water partition coefficient (Wildman–Crippen LogP) is 1.65. The second kappa shape index (κ2) is 5.89. The van der Waals surface area contributed by atoms with Gasteiger partial charge in [0.15, 0.2) is 0 Å². The number of para-hydroxylation sites is 1. The Morgan fingerprint density at radius 2 is 1.89 bits per heavy atom. The summed E-state index contributed by atoms with van der Waals surface area (Å²) in [6, 6.07) is 5.81. The molecule has 1 aromatic carbocycles. The molecule has 1 aromatic rings. The van der Waals surface area contributed by atoms with Gasteiger partial charge in [0.25, 0.3) is 0 Å². The number of rotatable bonds is 4. The van der Waals surface area contributed by atoms with Crippen molar-refractivity contribution in [2.24, 2.45) is 5.73 Å². The standard InChI is InChI=1S/C13H19ClN2O2/c1-17-11-7-16(8-12(11)18-2)13-9(6-15)4-3-5-10(13)14/h3-5,11-12H,6-8,15H2,1-2H3. The van der Waals surface area contributed by atoms with E-state index < -0.39 is 0 Å². The summed E-state index contributed by atoms with van der Waals surface area (Å²) >= 11 is 6.29. The van der Waals surface area contributed by atoms with Crippen molar-refractivity contribution in [1.82, 2.24) is 0 Å². The fourth-order valence-corrected chi connectivity index (χ4v) is 2.77. The van der Waals surface area contributed by atoms with Gasteiger partial charge in [0.2, 0.25) is 0 Å². The Labute approximate surface area is 113 Å². The molecule has 100 valence electrons. The van der Waals surface area contributed by atoms with Gasteiger partial charge in [0, 0.05) is 33.9 Å². The van der Waals surface area contributed by atoms with Gasteiger partial charge >= 0.3 is 0 Å². The third-order valence-electron chi connectivity index (χ3n) is 3.43. The van der Waals surface area contributed by atoms with Gasteiger partial charge in [-0.15, -0.1) is 0 Å². The Bertz CT molecular complexity index is 402. The van der Waals surface area contributed by atoms with Crippen molar-refractivity contribution < 1.29 is 9.47 Å². The molecule has 0 amide bonds. The lowest BCUT2D eigenvalue weighted by atomic mass is 10.1. The third-order valence-corrected chi connectivity index (χ3v) is 3.73. The zero-order valence-electron chi connectivity index (χ0n) is 10.7. The first-order valence-electron chi connectivity index (χ1n) is 5.99. The van der Waals surface area contributed by atoms with Gasteiger partial charge < -0.3 is 20.1 Å². The quantitative estimate of drug-likeness (QED) is 0.904. The molecule has 18 heavy (non-hydrogen) atoms. The van der Waals surface area contributed by atoms with Crippen molar-refractivity contribution in [1.29, 1.82) is 0 Å². The molecule has 1 fully saturated rings. The Balaban J connectivity index is 2.28. The molecule has 5 heteroatoms. The van der Waals surface area contributed by atoms with Crippen molar-refractivity contribution in [3.05, 3.63) is 28.8 Å². The van der Waals surface area contributed by atoms with Gasteiger partial charge in [-0.05, 0) is 11.6 Å². The number of methoxy groups -OCH3 is 2. The van der Waals surface area contributed by atoms with E-state index in [9.17, 15) is 0 Å². The van der Waals surface area contributed by atoms with Crippen LogP contribution in [0.2, 0.25) is 5.02 Å². The van der Waals surface area contributed by atoms with E-state index in [2.05, 4.69) is 4.90 Å². The third kappa shape index (κ3) is 2.47. The summed E-state index contributed by atoms with van der Waals surface area (Å²) in [6.45, 7) is 2.01. The van der Waals surface area contributed by atoms with E-state index >= 15 is 0 Å². The highest BCUT2D eigenvalue weighted by Crippen LogP contribution is 2.33. The van der Waals surface area contributed by atoms with Gasteiger partial charge in [0.1, 0.15) is 12.2 Å². The number of hydrogen-bond donors (Lipinski definition) is 1. The van der Waals surface area contributed by atoms with Gasteiger partial charge in [-0.2, -0.15) is 0 Å². The van der Waals surface area contributed by atoms with Crippen molar-refractivity contribution in [2.45, 2.75) is 18.8 Å². The molecule has 0 spiro atoms. The molecule has 1 heterocycles. The summed E-state index contributed by atoms with van der Waals surface area (Å²) in [4.78, 5) is 2.19. The maximum atomic E-state index is 6.29. The molecule has 0 radical (unpaired) electrons. The van der Waals surface area contributed by atoms with Crippen LogP contribution in [0.15, 0.2) is 18.2 Å². The Morgan fingerprint density at radius 3 is 2.39 bits per heavy atom. The molecule has 2 atom stereocenters. The summed E-state index contributed by atoms with van der Waals surface area (Å²) in [6.07, 6.45) is 0.133. The molecule has 1 aliphatic heterocycles. The average Bonchev–Trinajstić information content (AvgIpc) is 2.81. The highest BCUT2D eigenvalue weighted by molar-refractivity contribution is 6.33. The first-order chi connectivity index (χ1) is 8.71. The Morgan fingerprint density at radius 1 is 1.28 bits per heavy atom. The van der Waals surface area contributed by atoms with Crippen molar-refractivity contribution in [3.8, 4) is 0 Å². The van der Waals surface area contributed by atoms with Crippen LogP contribution in [0.25, 0.3) is 0 Å². The summed E-state index contributed by atoms with van der Waals surface area (Å²) < 4.78 is 10.9. The monoisotopic (exact) mass is 270 g/mol. The molecule has 0 saturated carbocycles. The molecule has 1 saturated heterocycles. The number of nitrogens with two attached hydrogens (primary N) is 1. The smallest absolute Gasteiger partial charge is 0.102 e. The molecule has 2 unspecified atom stereocenters. The van der Waals surface area contributed by atoms with Crippen LogP contribution in [0, 0.1) is 0 Å².